The summed E-state index contributed by atoms with van der Waals surface area (Å²) in [5.74, 6) is 0.761. The van der Waals surface area contributed by atoms with E-state index in [1.54, 1.807) is 12.0 Å². The Kier molecular flexibility index (Phi) is 3.92. The van der Waals surface area contributed by atoms with Gasteiger partial charge in [0.1, 0.15) is 5.01 Å². The minimum atomic E-state index is 0.0700. The van der Waals surface area contributed by atoms with E-state index in [1.807, 2.05) is 11.3 Å². The fraction of sp³-hybridized carbons (Fsp3) is 0.800. The van der Waals surface area contributed by atoms with Crippen molar-refractivity contribution in [3.63, 3.8) is 0 Å². The number of aromatic nitrogens is 1. The van der Waals surface area contributed by atoms with Crippen LogP contribution in [0.3, 0.4) is 0 Å². The summed E-state index contributed by atoms with van der Waals surface area (Å²) in [5, 5.41) is 5.02. The number of thiazole rings is 1. The van der Waals surface area contributed by atoms with Crippen LogP contribution < -0.4 is 5.32 Å². The summed E-state index contributed by atoms with van der Waals surface area (Å²) < 4.78 is 5.18. The van der Waals surface area contributed by atoms with Gasteiger partial charge < -0.3 is 10.1 Å². The fourth-order valence-corrected chi connectivity index (χ4v) is 4.39. The second-order valence-corrected chi connectivity index (χ2v) is 7.08. The van der Waals surface area contributed by atoms with Gasteiger partial charge in [-0.2, -0.15) is 0 Å². The van der Waals surface area contributed by atoms with E-state index in [0.717, 1.165) is 19.1 Å². The minimum absolute atomic E-state index is 0.0700. The molecule has 3 nitrogen and oxygen atoms in total. The summed E-state index contributed by atoms with van der Waals surface area (Å²) in [6, 6.07) is 0. The SMILES string of the molecule is COCCNC(C)(c1nc2c(s1)CCCC2)C1CC1. The van der Waals surface area contributed by atoms with Crippen molar-refractivity contribution in [3.8, 4) is 0 Å². The standard InChI is InChI=1S/C15H24N2OS/c1-15(11-7-8-11,16-9-10-18-2)14-17-12-5-3-4-6-13(12)19-14/h11,16H,3-10H2,1-2H3. The molecule has 0 spiro atoms. The third-order valence-corrected chi connectivity index (χ3v) is 5.88. The van der Waals surface area contributed by atoms with Crippen LogP contribution in [0.2, 0.25) is 0 Å². The van der Waals surface area contributed by atoms with Crippen molar-refractivity contribution in [3.05, 3.63) is 15.6 Å². The fourth-order valence-electron chi connectivity index (χ4n) is 3.04. The van der Waals surface area contributed by atoms with Crippen molar-refractivity contribution in [2.24, 2.45) is 5.92 Å². The molecule has 19 heavy (non-hydrogen) atoms. The van der Waals surface area contributed by atoms with Crippen LogP contribution in [0.15, 0.2) is 0 Å². The Bertz CT molecular complexity index is 418. The first-order valence-corrected chi connectivity index (χ1v) is 8.28. The van der Waals surface area contributed by atoms with Gasteiger partial charge in [-0.3, -0.25) is 0 Å². The Balaban J connectivity index is 1.80. The lowest BCUT2D eigenvalue weighted by Gasteiger charge is -2.29. The molecule has 4 heteroatoms. The molecule has 0 aliphatic heterocycles. The molecule has 0 aromatic carbocycles. The van der Waals surface area contributed by atoms with Gasteiger partial charge in [0.2, 0.25) is 0 Å². The highest BCUT2D eigenvalue weighted by atomic mass is 32.1. The van der Waals surface area contributed by atoms with Gasteiger partial charge in [0.25, 0.3) is 0 Å². The molecule has 0 bridgehead atoms. The maximum absolute atomic E-state index is 5.18. The summed E-state index contributed by atoms with van der Waals surface area (Å²) in [7, 11) is 1.76. The van der Waals surface area contributed by atoms with Crippen LogP contribution in [-0.2, 0) is 23.1 Å². The predicted molar refractivity (Wildman–Crippen MR) is 78.7 cm³/mol. The number of methoxy groups -OCH3 is 1. The highest BCUT2D eigenvalue weighted by Crippen LogP contribution is 2.47. The van der Waals surface area contributed by atoms with E-state index in [1.165, 1.54) is 49.2 Å². The normalized spacial score (nSPS) is 22.0. The van der Waals surface area contributed by atoms with E-state index in [9.17, 15) is 0 Å². The van der Waals surface area contributed by atoms with E-state index in [0.29, 0.717) is 0 Å². The number of hydrogen-bond donors (Lipinski definition) is 1. The van der Waals surface area contributed by atoms with Crippen LogP contribution in [0, 0.1) is 5.92 Å². The van der Waals surface area contributed by atoms with Crippen LogP contribution in [0.25, 0.3) is 0 Å². The molecule has 0 amide bonds. The third kappa shape index (κ3) is 2.71. The van der Waals surface area contributed by atoms with Gasteiger partial charge in [-0.05, 0) is 51.4 Å². The van der Waals surface area contributed by atoms with Crippen LogP contribution in [-0.4, -0.2) is 25.2 Å². The Morgan fingerprint density at radius 1 is 1.37 bits per heavy atom. The molecular weight excluding hydrogens is 256 g/mol. The molecule has 1 heterocycles. The number of rotatable bonds is 6. The van der Waals surface area contributed by atoms with Crippen molar-refractivity contribution in [2.45, 2.75) is 51.0 Å². The number of aryl methyl sites for hydroxylation is 2. The molecule has 0 radical (unpaired) electrons. The van der Waals surface area contributed by atoms with Gasteiger partial charge in [-0.15, -0.1) is 11.3 Å². The summed E-state index contributed by atoms with van der Waals surface area (Å²) in [6.45, 7) is 4.02. The molecule has 1 unspecified atom stereocenters. The van der Waals surface area contributed by atoms with E-state index >= 15 is 0 Å². The molecule has 1 fully saturated rings. The summed E-state index contributed by atoms with van der Waals surface area (Å²) in [6.07, 6.45) is 7.75. The quantitative estimate of drug-likeness (QED) is 0.814. The summed E-state index contributed by atoms with van der Waals surface area (Å²) >= 11 is 1.95. The topological polar surface area (TPSA) is 34.1 Å². The maximum Gasteiger partial charge on any atom is 0.113 e. The average molecular weight is 280 g/mol. The molecule has 2 aliphatic rings. The van der Waals surface area contributed by atoms with Crippen molar-refractivity contribution >= 4 is 11.3 Å². The van der Waals surface area contributed by atoms with E-state index < -0.39 is 0 Å². The largest absolute Gasteiger partial charge is 0.383 e. The zero-order valence-electron chi connectivity index (χ0n) is 12.0. The summed E-state index contributed by atoms with van der Waals surface area (Å²) in [4.78, 5) is 6.52. The monoisotopic (exact) mass is 280 g/mol. The van der Waals surface area contributed by atoms with Crippen LogP contribution >= 0.6 is 11.3 Å². The van der Waals surface area contributed by atoms with Gasteiger partial charge in [-0.1, -0.05) is 0 Å². The summed E-state index contributed by atoms with van der Waals surface area (Å²) in [5.41, 5.74) is 1.45. The first-order chi connectivity index (χ1) is 9.24. The number of nitrogens with zero attached hydrogens (tertiary/aromatic N) is 1. The van der Waals surface area contributed by atoms with Crippen LogP contribution in [0.5, 0.6) is 0 Å². The van der Waals surface area contributed by atoms with Crippen molar-refractivity contribution in [2.75, 3.05) is 20.3 Å². The third-order valence-electron chi connectivity index (χ3n) is 4.48. The molecule has 2 aliphatic carbocycles. The predicted octanol–water partition coefficient (Wildman–Crippen LogP) is 2.88. The molecular formula is C15H24N2OS. The van der Waals surface area contributed by atoms with Crippen molar-refractivity contribution < 1.29 is 4.74 Å². The lowest BCUT2D eigenvalue weighted by molar-refractivity contribution is 0.181. The second kappa shape index (κ2) is 5.51. The van der Waals surface area contributed by atoms with Gasteiger partial charge in [0.15, 0.2) is 0 Å². The number of ether oxygens (including phenoxy) is 1. The molecule has 1 aromatic rings. The second-order valence-electron chi connectivity index (χ2n) is 5.99. The molecule has 1 saturated carbocycles. The molecule has 1 aromatic heterocycles. The van der Waals surface area contributed by atoms with E-state index in [2.05, 4.69) is 12.2 Å². The smallest absolute Gasteiger partial charge is 0.113 e. The Morgan fingerprint density at radius 2 is 2.16 bits per heavy atom. The van der Waals surface area contributed by atoms with Crippen LogP contribution in [0.4, 0.5) is 0 Å². The van der Waals surface area contributed by atoms with Gasteiger partial charge in [0, 0.05) is 18.5 Å². The van der Waals surface area contributed by atoms with Crippen molar-refractivity contribution in [1.82, 2.24) is 10.3 Å². The Morgan fingerprint density at radius 3 is 2.84 bits per heavy atom. The highest BCUT2D eigenvalue weighted by Gasteiger charge is 2.44. The average Bonchev–Trinajstić information content (AvgIpc) is 3.18. The molecule has 106 valence electrons. The molecule has 3 rings (SSSR count). The maximum atomic E-state index is 5.18. The highest BCUT2D eigenvalue weighted by molar-refractivity contribution is 7.11. The molecule has 0 saturated heterocycles. The molecule has 1 atom stereocenters. The minimum Gasteiger partial charge on any atom is -0.383 e. The van der Waals surface area contributed by atoms with Gasteiger partial charge in [-0.25, -0.2) is 4.98 Å². The first-order valence-electron chi connectivity index (χ1n) is 7.47. The lowest BCUT2D eigenvalue weighted by Crippen LogP contribution is -2.43. The van der Waals surface area contributed by atoms with Gasteiger partial charge >= 0.3 is 0 Å². The van der Waals surface area contributed by atoms with E-state index in [4.69, 9.17) is 9.72 Å². The van der Waals surface area contributed by atoms with Gasteiger partial charge in [0.05, 0.1) is 17.8 Å². The van der Waals surface area contributed by atoms with Crippen LogP contribution in [0.1, 0.15) is 48.2 Å². The zero-order valence-corrected chi connectivity index (χ0v) is 12.8. The lowest BCUT2D eigenvalue weighted by atomic mass is 9.96. The first kappa shape index (κ1) is 13.5. The number of fused-ring (bicyclic) bond motifs is 1. The number of nitrogens with one attached hydrogen (secondary N) is 1. The Labute approximate surface area is 119 Å². The Hall–Kier alpha value is -0.450. The van der Waals surface area contributed by atoms with E-state index in [-0.39, 0.29) is 5.54 Å². The molecule has 1 N–H and O–H groups in total. The van der Waals surface area contributed by atoms with Crippen molar-refractivity contribution in [1.29, 1.82) is 0 Å². The zero-order chi connectivity index (χ0) is 13.3. The number of hydrogen-bond acceptors (Lipinski definition) is 4.